The Morgan fingerprint density at radius 1 is 1.14 bits per heavy atom. The molecule has 0 aromatic heterocycles. The number of aliphatic hydroxyl groups excluding tert-OH is 1. The van der Waals surface area contributed by atoms with Crippen LogP contribution in [0.2, 0.25) is 0 Å². The van der Waals surface area contributed by atoms with Gasteiger partial charge in [0, 0.05) is 0 Å². The first-order valence-corrected chi connectivity index (χ1v) is 6.24. The maximum atomic E-state index is 11.0. The Balaban J connectivity index is 2.78. The predicted molar refractivity (Wildman–Crippen MR) is 77.3 cm³/mol. The van der Waals surface area contributed by atoms with Gasteiger partial charge in [-0.25, -0.2) is 4.79 Å². The Hall–Kier alpha value is -2.80. The minimum absolute atomic E-state index is 0.247. The molecule has 118 valence electrons. The Morgan fingerprint density at radius 2 is 1.77 bits per heavy atom. The summed E-state index contributed by atoms with van der Waals surface area (Å²) in [6.45, 7) is 3.61. The highest BCUT2D eigenvalue weighted by atomic mass is 16.4. The summed E-state index contributed by atoms with van der Waals surface area (Å²) in [5, 5.41) is 45.5. The molecule has 2 unspecified atom stereocenters. The van der Waals surface area contributed by atoms with Gasteiger partial charge < -0.3 is 25.5 Å². The van der Waals surface area contributed by atoms with Gasteiger partial charge in [-0.1, -0.05) is 30.4 Å². The summed E-state index contributed by atoms with van der Waals surface area (Å²) in [4.78, 5) is 21.7. The van der Waals surface area contributed by atoms with Crippen molar-refractivity contribution in [2.45, 2.75) is 12.5 Å². The number of benzene rings is 1. The lowest BCUT2D eigenvalue weighted by Gasteiger charge is -2.15. The van der Waals surface area contributed by atoms with E-state index < -0.39 is 24.0 Å². The summed E-state index contributed by atoms with van der Waals surface area (Å²) in [7, 11) is 0. The number of phenols is 2. The Kier molecular flexibility index (Phi) is 5.71. The number of hydrogen-bond donors (Lipinski definition) is 5. The summed E-state index contributed by atoms with van der Waals surface area (Å²) in [5.74, 6) is -5.15. The van der Waals surface area contributed by atoms with Crippen LogP contribution in [0.1, 0.15) is 12.0 Å². The molecule has 0 saturated heterocycles. The number of carbonyl (C=O) groups is 2. The molecule has 1 aromatic carbocycles. The smallest absolute Gasteiger partial charge is 0.333 e. The minimum Gasteiger partial charge on any atom is -0.504 e. The zero-order valence-corrected chi connectivity index (χ0v) is 11.5. The van der Waals surface area contributed by atoms with Gasteiger partial charge in [0.05, 0.1) is 5.92 Å². The van der Waals surface area contributed by atoms with Crippen molar-refractivity contribution >= 4 is 18.0 Å². The number of aliphatic carboxylic acids is 2. The van der Waals surface area contributed by atoms with Gasteiger partial charge >= 0.3 is 11.9 Å². The summed E-state index contributed by atoms with van der Waals surface area (Å²) < 4.78 is 0. The number of aromatic hydroxyl groups is 2. The van der Waals surface area contributed by atoms with Gasteiger partial charge in [0.25, 0.3) is 0 Å². The van der Waals surface area contributed by atoms with Crippen molar-refractivity contribution in [3.8, 4) is 11.5 Å². The third-order valence-electron chi connectivity index (χ3n) is 2.94. The van der Waals surface area contributed by atoms with Gasteiger partial charge in [0.1, 0.15) is 0 Å². The maximum Gasteiger partial charge on any atom is 0.333 e. The molecular formula is C15H16O7. The first kappa shape index (κ1) is 17.3. The van der Waals surface area contributed by atoms with Gasteiger partial charge in [0.15, 0.2) is 17.6 Å². The van der Waals surface area contributed by atoms with Crippen LogP contribution < -0.4 is 0 Å². The zero-order chi connectivity index (χ0) is 16.9. The normalized spacial score (nSPS) is 13.7. The molecule has 0 aliphatic rings. The van der Waals surface area contributed by atoms with E-state index in [4.69, 9.17) is 10.2 Å². The lowest BCUT2D eigenvalue weighted by molar-refractivity contribution is -0.159. The van der Waals surface area contributed by atoms with Crippen LogP contribution in [0.5, 0.6) is 11.5 Å². The Bertz CT molecular complexity index is 618. The van der Waals surface area contributed by atoms with Crippen LogP contribution in [0.4, 0.5) is 0 Å². The fourth-order valence-corrected chi connectivity index (χ4v) is 1.71. The number of aliphatic hydroxyl groups is 1. The molecule has 22 heavy (non-hydrogen) atoms. The molecule has 5 N–H and O–H groups in total. The third kappa shape index (κ3) is 4.64. The van der Waals surface area contributed by atoms with Crippen molar-refractivity contribution in [1.82, 2.24) is 0 Å². The highest BCUT2D eigenvalue weighted by molar-refractivity contribution is 5.81. The second-order valence-corrected chi connectivity index (χ2v) is 4.67. The van der Waals surface area contributed by atoms with E-state index in [0.717, 1.165) is 0 Å². The van der Waals surface area contributed by atoms with Crippen molar-refractivity contribution in [3.05, 3.63) is 42.0 Å². The van der Waals surface area contributed by atoms with Gasteiger partial charge in [-0.15, -0.1) is 0 Å². The Labute approximate surface area is 126 Å². The van der Waals surface area contributed by atoms with E-state index in [0.29, 0.717) is 11.1 Å². The number of carboxylic acid groups (broad SMARTS) is 2. The fourth-order valence-electron chi connectivity index (χ4n) is 1.71. The van der Waals surface area contributed by atoms with Gasteiger partial charge in [0.2, 0.25) is 0 Å². The third-order valence-corrected chi connectivity index (χ3v) is 2.94. The topological polar surface area (TPSA) is 135 Å². The molecule has 7 nitrogen and oxygen atoms in total. The molecule has 0 spiro atoms. The average molecular weight is 308 g/mol. The van der Waals surface area contributed by atoms with Crippen LogP contribution in [0, 0.1) is 5.92 Å². The van der Waals surface area contributed by atoms with Gasteiger partial charge in [-0.2, -0.15) is 0 Å². The molecule has 0 bridgehead atoms. The van der Waals surface area contributed by atoms with Crippen LogP contribution in [0.15, 0.2) is 36.4 Å². The molecule has 0 amide bonds. The van der Waals surface area contributed by atoms with Crippen molar-refractivity contribution < 1.29 is 35.1 Å². The lowest BCUT2D eigenvalue weighted by Crippen LogP contribution is -2.34. The summed E-state index contributed by atoms with van der Waals surface area (Å²) >= 11 is 0. The van der Waals surface area contributed by atoms with Crippen LogP contribution in [-0.4, -0.2) is 43.6 Å². The second-order valence-electron chi connectivity index (χ2n) is 4.67. The Morgan fingerprint density at radius 3 is 2.27 bits per heavy atom. The molecule has 0 saturated carbocycles. The van der Waals surface area contributed by atoms with Crippen LogP contribution in [-0.2, 0) is 9.59 Å². The van der Waals surface area contributed by atoms with E-state index >= 15 is 0 Å². The molecule has 0 aliphatic carbocycles. The second kappa shape index (κ2) is 7.28. The highest BCUT2D eigenvalue weighted by Crippen LogP contribution is 2.26. The first-order valence-electron chi connectivity index (χ1n) is 6.24. The largest absolute Gasteiger partial charge is 0.504 e. The monoisotopic (exact) mass is 308 g/mol. The predicted octanol–water partition coefficient (Wildman–Crippen LogP) is 1.20. The average Bonchev–Trinajstić information content (AvgIpc) is 2.44. The molecule has 1 rings (SSSR count). The van der Waals surface area contributed by atoms with E-state index in [2.05, 4.69) is 6.58 Å². The highest BCUT2D eigenvalue weighted by Gasteiger charge is 2.31. The van der Waals surface area contributed by atoms with Crippen molar-refractivity contribution in [3.63, 3.8) is 0 Å². The number of allylic oxidation sites excluding steroid dienone is 2. The maximum absolute atomic E-state index is 11.0. The van der Waals surface area contributed by atoms with E-state index in [1.54, 1.807) is 0 Å². The summed E-state index contributed by atoms with van der Waals surface area (Å²) in [6.07, 6.45) is 0.674. The summed E-state index contributed by atoms with van der Waals surface area (Å²) in [5.41, 5.74) is 0.822. The SMILES string of the molecule is C=C(/C=C/c1ccc(O)c(O)c1)CC(C(=O)O)C(O)C(=O)O. The van der Waals surface area contributed by atoms with Crippen molar-refractivity contribution in [1.29, 1.82) is 0 Å². The molecule has 7 heteroatoms. The van der Waals surface area contributed by atoms with Gasteiger partial charge in [-0.05, 0) is 24.1 Å². The first-order chi connectivity index (χ1) is 10.2. The molecule has 0 aliphatic heterocycles. The van der Waals surface area contributed by atoms with Crippen molar-refractivity contribution in [2.75, 3.05) is 0 Å². The van der Waals surface area contributed by atoms with Crippen LogP contribution in [0.3, 0.4) is 0 Å². The molecule has 1 aromatic rings. The van der Waals surface area contributed by atoms with Gasteiger partial charge in [-0.3, -0.25) is 4.79 Å². The standard InChI is InChI=1S/C15H16O7/c1-8(6-10(14(19)20)13(18)15(21)22)2-3-9-4-5-11(16)12(17)7-9/h2-5,7,10,13,16-18H,1,6H2,(H,19,20)(H,21,22)/b3-2+. The van der Waals surface area contributed by atoms with Crippen LogP contribution in [0.25, 0.3) is 6.08 Å². The van der Waals surface area contributed by atoms with E-state index in [9.17, 15) is 24.9 Å². The number of carboxylic acids is 2. The quantitative estimate of drug-likeness (QED) is 0.377. The number of rotatable bonds is 7. The zero-order valence-electron chi connectivity index (χ0n) is 11.5. The molecule has 2 atom stereocenters. The molecule has 0 heterocycles. The minimum atomic E-state index is -2.03. The van der Waals surface area contributed by atoms with Crippen LogP contribution >= 0.6 is 0 Å². The number of hydrogen-bond acceptors (Lipinski definition) is 5. The molecular weight excluding hydrogens is 292 g/mol. The molecule has 0 radical (unpaired) electrons. The molecule has 0 fully saturated rings. The van der Waals surface area contributed by atoms with E-state index in [1.807, 2.05) is 0 Å². The van der Waals surface area contributed by atoms with E-state index in [1.165, 1.54) is 30.4 Å². The van der Waals surface area contributed by atoms with E-state index in [-0.39, 0.29) is 17.9 Å². The fraction of sp³-hybridized carbons (Fsp3) is 0.200. The lowest BCUT2D eigenvalue weighted by atomic mass is 9.94. The van der Waals surface area contributed by atoms with Crippen molar-refractivity contribution in [2.24, 2.45) is 5.92 Å². The number of phenolic OH excluding ortho intramolecular Hbond substituents is 2. The summed E-state index contributed by atoms with van der Waals surface area (Å²) in [6, 6.07) is 4.09.